The van der Waals surface area contributed by atoms with Crippen LogP contribution in [0.3, 0.4) is 0 Å². The summed E-state index contributed by atoms with van der Waals surface area (Å²) in [5, 5.41) is 8.63. The Balaban J connectivity index is 1.05. The van der Waals surface area contributed by atoms with Crippen molar-refractivity contribution in [2.45, 2.75) is 80.1 Å². The van der Waals surface area contributed by atoms with Gasteiger partial charge >= 0.3 is 0 Å². The minimum atomic E-state index is -0.0116. The van der Waals surface area contributed by atoms with Gasteiger partial charge < -0.3 is 18.6 Å². The van der Waals surface area contributed by atoms with Crippen molar-refractivity contribution in [3.63, 3.8) is 0 Å². The summed E-state index contributed by atoms with van der Waals surface area (Å²) in [6.45, 7) is 22.5. The SMILES string of the molecule is Cc1ccccc1N(c1ccc2cc3c(cc2c1)oc1c(-c2ccccc2)c2c(oc4cc5cc(N(c6ccccc6C)c6cc(C(C)(C)C)ccc6C)ccc5cc42)c(-c2ccccc2)c13)c1cc(C(C)(C)C)ccc1C. The number of para-hydroxylation sites is 2. The fraction of sp³-hybridized carbons (Fsp3) is 0.162. The zero-order chi connectivity index (χ0) is 53.8. The van der Waals surface area contributed by atoms with Crippen molar-refractivity contribution in [3.8, 4) is 22.3 Å². The summed E-state index contributed by atoms with van der Waals surface area (Å²) in [7, 11) is 0. The molecule has 0 bridgehead atoms. The van der Waals surface area contributed by atoms with Gasteiger partial charge in [-0.1, -0.05) is 175 Å². The predicted molar refractivity (Wildman–Crippen MR) is 333 cm³/mol. The Kier molecular flexibility index (Phi) is 11.5. The van der Waals surface area contributed by atoms with Gasteiger partial charge in [0.2, 0.25) is 0 Å². The second-order valence-corrected chi connectivity index (χ2v) is 23.6. The highest BCUT2D eigenvalue weighted by molar-refractivity contribution is 6.31. The third kappa shape index (κ3) is 8.21. The zero-order valence-corrected chi connectivity index (χ0v) is 46.3. The quantitative estimate of drug-likeness (QED) is 0.152. The second kappa shape index (κ2) is 18.4. The molecule has 0 atom stereocenters. The van der Waals surface area contributed by atoms with E-state index in [0.717, 1.165) is 110 Å². The molecule has 0 unspecified atom stereocenters. The monoisotopic (exact) mass is 1010 g/mol. The second-order valence-electron chi connectivity index (χ2n) is 23.6. The first-order chi connectivity index (χ1) is 37.6. The van der Waals surface area contributed by atoms with Crippen LogP contribution in [0.15, 0.2) is 215 Å². The molecule has 2 aromatic heterocycles. The van der Waals surface area contributed by atoms with E-state index in [1.54, 1.807) is 0 Å². The van der Waals surface area contributed by atoms with Crippen LogP contribution in [0.2, 0.25) is 0 Å². The lowest BCUT2D eigenvalue weighted by atomic mass is 9.86. The fourth-order valence-corrected chi connectivity index (χ4v) is 11.8. The van der Waals surface area contributed by atoms with Crippen LogP contribution in [0, 0.1) is 27.7 Å². The van der Waals surface area contributed by atoms with Crippen LogP contribution in [0.4, 0.5) is 34.1 Å². The molecule has 0 amide bonds. The Morgan fingerprint density at radius 1 is 0.321 bits per heavy atom. The fourth-order valence-electron chi connectivity index (χ4n) is 11.8. The van der Waals surface area contributed by atoms with Gasteiger partial charge in [0.25, 0.3) is 0 Å². The molecular formula is C74H64N2O2. The van der Waals surface area contributed by atoms with Crippen molar-refractivity contribution < 1.29 is 8.83 Å². The molecule has 13 aromatic rings. The molecule has 2 heterocycles. The van der Waals surface area contributed by atoms with E-state index in [1.165, 1.54) is 44.8 Å². The Morgan fingerprint density at radius 2 is 0.692 bits per heavy atom. The lowest BCUT2D eigenvalue weighted by Crippen LogP contribution is -2.16. The average Bonchev–Trinajstić information content (AvgIpc) is 4.02. The van der Waals surface area contributed by atoms with Gasteiger partial charge in [-0.05, 0) is 177 Å². The van der Waals surface area contributed by atoms with Crippen LogP contribution in [0.1, 0.15) is 74.9 Å². The summed E-state index contributed by atoms with van der Waals surface area (Å²) in [5.41, 5.74) is 21.8. The van der Waals surface area contributed by atoms with Gasteiger partial charge in [0.15, 0.2) is 0 Å². The number of hydrogen-bond donors (Lipinski definition) is 0. The van der Waals surface area contributed by atoms with E-state index in [1.807, 2.05) is 0 Å². The first-order valence-corrected chi connectivity index (χ1v) is 27.4. The minimum Gasteiger partial charge on any atom is -0.455 e. The summed E-state index contributed by atoms with van der Waals surface area (Å²) in [5.74, 6) is 0. The van der Waals surface area contributed by atoms with Crippen LogP contribution in [0.25, 0.3) is 87.7 Å². The van der Waals surface area contributed by atoms with Crippen molar-refractivity contribution in [2.24, 2.45) is 0 Å². The molecule has 0 aliphatic carbocycles. The maximum absolute atomic E-state index is 7.40. The van der Waals surface area contributed by atoms with Gasteiger partial charge in [0.05, 0.1) is 0 Å². The number of nitrogens with zero attached hydrogens (tertiary/aromatic N) is 2. The maximum Gasteiger partial charge on any atom is 0.144 e. The van der Waals surface area contributed by atoms with Crippen molar-refractivity contribution in [1.82, 2.24) is 0 Å². The molecule has 0 N–H and O–H groups in total. The first kappa shape index (κ1) is 48.8. The molecule has 13 rings (SSSR count). The van der Waals surface area contributed by atoms with E-state index in [9.17, 15) is 0 Å². The van der Waals surface area contributed by atoms with Crippen molar-refractivity contribution in [2.75, 3.05) is 9.80 Å². The largest absolute Gasteiger partial charge is 0.455 e. The van der Waals surface area contributed by atoms with E-state index >= 15 is 0 Å². The molecule has 4 heteroatoms. The van der Waals surface area contributed by atoms with Crippen molar-refractivity contribution in [3.05, 3.63) is 240 Å². The molecule has 4 nitrogen and oxygen atoms in total. The van der Waals surface area contributed by atoms with Crippen LogP contribution in [-0.4, -0.2) is 0 Å². The number of furan rings is 2. The van der Waals surface area contributed by atoms with Crippen molar-refractivity contribution >= 4 is 99.5 Å². The number of anilines is 6. The molecule has 0 aliphatic rings. The van der Waals surface area contributed by atoms with Gasteiger partial charge in [-0.2, -0.15) is 0 Å². The number of fused-ring (bicyclic) bond motifs is 8. The molecule has 0 spiro atoms. The third-order valence-electron chi connectivity index (χ3n) is 16.2. The summed E-state index contributed by atoms with van der Waals surface area (Å²) < 4.78 is 14.8. The van der Waals surface area contributed by atoms with Crippen LogP contribution >= 0.6 is 0 Å². The molecule has 0 saturated heterocycles. The Labute approximate surface area is 457 Å². The maximum atomic E-state index is 7.40. The molecule has 0 radical (unpaired) electrons. The Hall–Kier alpha value is -8.86. The highest BCUT2D eigenvalue weighted by Gasteiger charge is 2.29. The van der Waals surface area contributed by atoms with Crippen LogP contribution in [-0.2, 0) is 10.8 Å². The zero-order valence-electron chi connectivity index (χ0n) is 46.3. The summed E-state index contributed by atoms with van der Waals surface area (Å²) in [6, 6.07) is 75.6. The van der Waals surface area contributed by atoms with E-state index < -0.39 is 0 Å². The predicted octanol–water partition coefficient (Wildman–Crippen LogP) is 21.9. The number of aryl methyl sites for hydroxylation is 4. The molecule has 382 valence electrons. The normalized spacial score (nSPS) is 12.2. The average molecular weight is 1010 g/mol. The number of hydrogen-bond acceptors (Lipinski definition) is 4. The van der Waals surface area contributed by atoms with E-state index in [0.29, 0.717) is 0 Å². The molecule has 0 fully saturated rings. The highest BCUT2D eigenvalue weighted by atomic mass is 16.3. The molecule has 0 aliphatic heterocycles. The topological polar surface area (TPSA) is 32.8 Å². The molecular weight excluding hydrogens is 949 g/mol. The summed E-state index contributed by atoms with van der Waals surface area (Å²) in [6.07, 6.45) is 0. The first-order valence-electron chi connectivity index (χ1n) is 27.4. The van der Waals surface area contributed by atoms with Crippen LogP contribution in [0.5, 0.6) is 0 Å². The third-order valence-corrected chi connectivity index (χ3v) is 16.2. The molecule has 11 aromatic carbocycles. The lowest BCUT2D eigenvalue weighted by Gasteiger charge is -2.30. The molecule has 78 heavy (non-hydrogen) atoms. The van der Waals surface area contributed by atoms with Crippen LogP contribution < -0.4 is 9.80 Å². The summed E-state index contributed by atoms with van der Waals surface area (Å²) >= 11 is 0. The van der Waals surface area contributed by atoms with E-state index in [2.05, 4.69) is 285 Å². The Morgan fingerprint density at radius 3 is 1.08 bits per heavy atom. The van der Waals surface area contributed by atoms with Gasteiger partial charge in [0.1, 0.15) is 22.3 Å². The van der Waals surface area contributed by atoms with Gasteiger partial charge in [-0.15, -0.1) is 0 Å². The number of rotatable bonds is 8. The standard InChI is InChI=1S/C74H64N2O2/c1-45-21-17-19-27-61(45)75(63-43-55(73(5,6)7)33-29-47(63)3)57-35-31-51-39-59-65(41-53(51)37-57)77-71-68(50-25-15-12-16-26-50)70-60-40-52-32-36-58(38-54(52)42-66(60)78-72(70)67(69(59)71)49-23-13-11-14-24-49)76(62-28-20-18-22-46(62)2)64-44-56(74(8,9)10)34-30-48(64)4/h11-44H,1-10H3. The lowest BCUT2D eigenvalue weighted by molar-refractivity contribution is 0.590. The highest BCUT2D eigenvalue weighted by Crippen LogP contribution is 2.52. The van der Waals surface area contributed by atoms with Gasteiger partial charge in [-0.3, -0.25) is 0 Å². The Bertz CT molecular complexity index is 4220. The van der Waals surface area contributed by atoms with Gasteiger partial charge in [-0.25, -0.2) is 0 Å². The van der Waals surface area contributed by atoms with Gasteiger partial charge in [0, 0.05) is 66.8 Å². The number of benzene rings is 11. The van der Waals surface area contributed by atoms with E-state index in [4.69, 9.17) is 8.83 Å². The van der Waals surface area contributed by atoms with Crippen molar-refractivity contribution in [1.29, 1.82) is 0 Å². The summed E-state index contributed by atoms with van der Waals surface area (Å²) in [4.78, 5) is 4.86. The minimum absolute atomic E-state index is 0.0116. The van der Waals surface area contributed by atoms with E-state index in [-0.39, 0.29) is 10.8 Å². The smallest absolute Gasteiger partial charge is 0.144 e. The molecule has 0 saturated carbocycles.